The first-order chi connectivity index (χ1) is 5.18. The first-order valence-electron chi connectivity index (χ1n) is 4.02. The van der Waals surface area contributed by atoms with Gasteiger partial charge >= 0.3 is 5.97 Å². The average Bonchev–Trinajstić information content (AvgIpc) is 2.37. The van der Waals surface area contributed by atoms with Gasteiger partial charge in [0.1, 0.15) is 6.10 Å². The molecule has 0 N–H and O–H groups in total. The number of esters is 1. The van der Waals surface area contributed by atoms with Gasteiger partial charge in [-0.15, -0.1) is 0 Å². The number of ether oxygens (including phenoxy) is 1. The Morgan fingerprint density at radius 2 is 2.36 bits per heavy atom. The van der Waals surface area contributed by atoms with Crippen molar-refractivity contribution < 1.29 is 9.53 Å². The third kappa shape index (κ3) is 1.17. The van der Waals surface area contributed by atoms with Crippen LogP contribution in [-0.4, -0.2) is 16.0 Å². The van der Waals surface area contributed by atoms with Crippen molar-refractivity contribution in [2.75, 3.05) is 0 Å². The van der Waals surface area contributed by atoms with Crippen molar-refractivity contribution in [1.29, 1.82) is 0 Å². The van der Waals surface area contributed by atoms with Crippen LogP contribution in [0, 0.1) is 11.8 Å². The van der Waals surface area contributed by atoms with Gasteiger partial charge in [0, 0.05) is 5.92 Å². The number of halogens is 1. The molecule has 1 saturated carbocycles. The van der Waals surface area contributed by atoms with E-state index in [1.807, 2.05) is 0 Å². The molecule has 1 saturated heterocycles. The van der Waals surface area contributed by atoms with Gasteiger partial charge in [-0.25, -0.2) is 0 Å². The molecule has 2 fully saturated rings. The molecule has 1 aliphatic carbocycles. The molecule has 2 aliphatic rings. The highest BCUT2D eigenvalue weighted by molar-refractivity contribution is 14.1. The lowest BCUT2D eigenvalue weighted by Crippen LogP contribution is -2.21. The van der Waals surface area contributed by atoms with Crippen molar-refractivity contribution in [3.05, 3.63) is 0 Å². The highest BCUT2D eigenvalue weighted by Crippen LogP contribution is 2.43. The zero-order valence-electron chi connectivity index (χ0n) is 6.42. The summed E-state index contributed by atoms with van der Waals surface area (Å²) >= 11 is 2.41. The van der Waals surface area contributed by atoms with Crippen molar-refractivity contribution in [3.63, 3.8) is 0 Å². The van der Waals surface area contributed by atoms with Gasteiger partial charge in [-0.05, 0) is 12.3 Å². The summed E-state index contributed by atoms with van der Waals surface area (Å²) in [6, 6.07) is 0. The molecule has 3 heteroatoms. The maximum absolute atomic E-state index is 10.9. The van der Waals surface area contributed by atoms with Crippen LogP contribution in [0.5, 0.6) is 0 Å². The fourth-order valence-corrected chi connectivity index (χ4v) is 3.13. The molecule has 0 unspecified atom stereocenters. The number of rotatable bonds is 0. The van der Waals surface area contributed by atoms with Crippen LogP contribution in [0.25, 0.3) is 0 Å². The van der Waals surface area contributed by atoms with Gasteiger partial charge in [-0.2, -0.15) is 0 Å². The Labute approximate surface area is 79.8 Å². The summed E-state index contributed by atoms with van der Waals surface area (Å²) in [7, 11) is 0. The molecule has 2 rings (SSSR count). The second-order valence-corrected chi connectivity index (χ2v) is 5.01. The lowest BCUT2D eigenvalue weighted by Gasteiger charge is -2.13. The monoisotopic (exact) mass is 266 g/mol. The number of alkyl halides is 1. The van der Waals surface area contributed by atoms with Gasteiger partial charge in [0.15, 0.2) is 0 Å². The third-order valence-electron chi connectivity index (χ3n) is 2.69. The predicted octanol–water partition coefficient (Wildman–Crippen LogP) is 1.76. The Hall–Kier alpha value is 0.200. The Balaban J connectivity index is 2.13. The largest absolute Gasteiger partial charge is 0.461 e. The number of carbonyl (C=O) groups is 1. The van der Waals surface area contributed by atoms with Gasteiger partial charge in [0.2, 0.25) is 0 Å². The minimum atomic E-state index is 0.00793. The van der Waals surface area contributed by atoms with Crippen LogP contribution in [0.3, 0.4) is 0 Å². The summed E-state index contributed by atoms with van der Waals surface area (Å²) in [6.07, 6.45) is 2.07. The highest BCUT2D eigenvalue weighted by atomic mass is 127. The highest BCUT2D eigenvalue weighted by Gasteiger charge is 2.47. The molecular weight excluding hydrogens is 255 g/mol. The molecule has 0 amide bonds. The number of fused-ring (bicyclic) bond motifs is 1. The topological polar surface area (TPSA) is 26.3 Å². The Morgan fingerprint density at radius 3 is 3.00 bits per heavy atom. The predicted molar refractivity (Wildman–Crippen MR) is 49.6 cm³/mol. The summed E-state index contributed by atoms with van der Waals surface area (Å²) in [4.78, 5) is 10.9. The smallest absolute Gasteiger partial charge is 0.306 e. The number of hydrogen-bond acceptors (Lipinski definition) is 2. The van der Waals surface area contributed by atoms with Crippen molar-refractivity contribution in [1.82, 2.24) is 0 Å². The van der Waals surface area contributed by atoms with Gasteiger partial charge in [-0.3, -0.25) is 4.79 Å². The standard InChI is InChI=1S/C8H11IO2/c1-4-2-5-3-6(10)11-8(5)7(4)9/h4-5,7-8H,2-3H2,1H3/t4-,5+,7-,8-/m1/s1. The molecule has 0 aromatic carbocycles. The average molecular weight is 266 g/mol. The van der Waals surface area contributed by atoms with Gasteiger partial charge in [-0.1, -0.05) is 29.5 Å². The van der Waals surface area contributed by atoms with E-state index >= 15 is 0 Å². The van der Waals surface area contributed by atoms with E-state index in [0.717, 1.165) is 5.92 Å². The quantitative estimate of drug-likeness (QED) is 0.379. The van der Waals surface area contributed by atoms with Crippen molar-refractivity contribution in [2.45, 2.75) is 29.8 Å². The molecular formula is C8H11IO2. The fourth-order valence-electron chi connectivity index (χ4n) is 2.10. The summed E-state index contributed by atoms with van der Waals surface area (Å²) in [6.45, 7) is 2.24. The van der Waals surface area contributed by atoms with Crippen molar-refractivity contribution in [2.24, 2.45) is 11.8 Å². The van der Waals surface area contributed by atoms with Crippen LogP contribution in [0.1, 0.15) is 19.8 Å². The van der Waals surface area contributed by atoms with E-state index in [1.165, 1.54) is 6.42 Å². The molecule has 2 nitrogen and oxygen atoms in total. The normalized spacial score (nSPS) is 49.1. The first kappa shape index (κ1) is 7.83. The number of carbonyl (C=O) groups excluding carboxylic acids is 1. The van der Waals surface area contributed by atoms with E-state index < -0.39 is 0 Å². The minimum Gasteiger partial charge on any atom is -0.461 e. The molecule has 1 aliphatic heterocycles. The van der Waals surface area contributed by atoms with Crippen molar-refractivity contribution in [3.8, 4) is 0 Å². The molecule has 0 spiro atoms. The van der Waals surface area contributed by atoms with E-state index in [2.05, 4.69) is 29.5 Å². The van der Waals surface area contributed by atoms with Crippen LogP contribution >= 0.6 is 22.6 Å². The molecule has 0 aromatic rings. The second kappa shape index (κ2) is 2.61. The third-order valence-corrected chi connectivity index (χ3v) is 4.63. The molecule has 0 radical (unpaired) electrons. The van der Waals surface area contributed by atoms with Crippen molar-refractivity contribution >= 4 is 28.6 Å². The summed E-state index contributed by atoms with van der Waals surface area (Å²) in [5, 5.41) is 0. The summed E-state index contributed by atoms with van der Waals surface area (Å²) in [5.41, 5.74) is 0. The molecule has 11 heavy (non-hydrogen) atoms. The molecule has 1 heterocycles. The zero-order chi connectivity index (χ0) is 8.01. The molecule has 0 bridgehead atoms. The van der Waals surface area contributed by atoms with E-state index in [9.17, 15) is 4.79 Å². The first-order valence-corrected chi connectivity index (χ1v) is 5.26. The van der Waals surface area contributed by atoms with Crippen LogP contribution in [0.15, 0.2) is 0 Å². The van der Waals surface area contributed by atoms with Crippen LogP contribution in [0.2, 0.25) is 0 Å². The molecule has 4 atom stereocenters. The van der Waals surface area contributed by atoms with Gasteiger partial charge in [0.25, 0.3) is 0 Å². The zero-order valence-corrected chi connectivity index (χ0v) is 8.58. The Kier molecular flexibility index (Phi) is 1.85. The summed E-state index contributed by atoms with van der Waals surface area (Å²) in [5.74, 6) is 1.26. The Bertz CT molecular complexity index is 193. The van der Waals surface area contributed by atoms with E-state index in [1.54, 1.807) is 0 Å². The molecule has 62 valence electrons. The van der Waals surface area contributed by atoms with E-state index in [4.69, 9.17) is 4.74 Å². The maximum Gasteiger partial charge on any atom is 0.306 e. The number of hydrogen-bond donors (Lipinski definition) is 0. The SMILES string of the molecule is C[C@@H]1C[C@H]2CC(=O)O[C@H]2[C@@H]1I. The lowest BCUT2D eigenvalue weighted by molar-refractivity contribution is -0.141. The van der Waals surface area contributed by atoms with Gasteiger partial charge in [0.05, 0.1) is 10.3 Å². The second-order valence-electron chi connectivity index (χ2n) is 3.58. The van der Waals surface area contributed by atoms with E-state index in [-0.39, 0.29) is 12.1 Å². The van der Waals surface area contributed by atoms with Crippen LogP contribution in [-0.2, 0) is 9.53 Å². The maximum atomic E-state index is 10.9. The Morgan fingerprint density at radius 1 is 1.64 bits per heavy atom. The fraction of sp³-hybridized carbons (Fsp3) is 0.875. The lowest BCUT2D eigenvalue weighted by atomic mass is 10.0. The minimum absolute atomic E-state index is 0.00793. The van der Waals surface area contributed by atoms with Gasteiger partial charge < -0.3 is 4.74 Å². The van der Waals surface area contributed by atoms with Crippen LogP contribution in [0.4, 0.5) is 0 Å². The summed E-state index contributed by atoms with van der Waals surface area (Å²) < 4.78 is 5.77. The van der Waals surface area contributed by atoms with E-state index in [0.29, 0.717) is 16.3 Å². The molecule has 0 aromatic heterocycles. The van der Waals surface area contributed by atoms with Crippen LogP contribution < -0.4 is 0 Å².